The lowest BCUT2D eigenvalue weighted by molar-refractivity contribution is -0.135. The first-order chi connectivity index (χ1) is 12.0. The van der Waals surface area contributed by atoms with Gasteiger partial charge < -0.3 is 10.0 Å². The topological polar surface area (TPSA) is 57.6 Å². The molecule has 1 aliphatic heterocycles. The summed E-state index contributed by atoms with van der Waals surface area (Å²) in [5.41, 5.74) is -0.100. The highest BCUT2D eigenvalue weighted by Gasteiger charge is 2.50. The van der Waals surface area contributed by atoms with Crippen molar-refractivity contribution in [1.82, 2.24) is 0 Å². The zero-order valence-electron chi connectivity index (χ0n) is 14.0. The summed E-state index contributed by atoms with van der Waals surface area (Å²) in [4.78, 5) is 27.2. The fraction of sp³-hybridized carbons (Fsp3) is 0.300. The van der Waals surface area contributed by atoms with Crippen molar-refractivity contribution in [3.05, 3.63) is 64.1 Å². The number of fused-ring (bicyclic) bond motifs is 1. The molecule has 1 heterocycles. The molecular formula is C20H20BrNO3. The van der Waals surface area contributed by atoms with Gasteiger partial charge >= 0.3 is 0 Å². The molecule has 1 N–H and O–H groups in total. The third-order valence-electron chi connectivity index (χ3n) is 4.56. The van der Waals surface area contributed by atoms with Gasteiger partial charge in [0, 0.05) is 22.1 Å². The molecule has 1 atom stereocenters. The van der Waals surface area contributed by atoms with Crippen LogP contribution in [0.2, 0.25) is 0 Å². The second-order valence-corrected chi connectivity index (χ2v) is 7.21. The van der Waals surface area contributed by atoms with Gasteiger partial charge in [0.05, 0.1) is 12.1 Å². The number of carbonyl (C=O) groups excluding carboxylic acids is 2. The summed E-state index contributed by atoms with van der Waals surface area (Å²) in [6.07, 6.45) is 1.53. The normalized spacial score (nSPS) is 19.2. The summed E-state index contributed by atoms with van der Waals surface area (Å²) >= 11 is 3.33. The number of hydrogen-bond donors (Lipinski definition) is 1. The molecular weight excluding hydrogens is 382 g/mol. The number of carbonyl (C=O) groups is 2. The first kappa shape index (κ1) is 17.8. The number of ketones is 1. The van der Waals surface area contributed by atoms with Crippen LogP contribution < -0.4 is 4.90 Å². The van der Waals surface area contributed by atoms with E-state index in [1.165, 1.54) is 0 Å². The molecule has 0 fully saturated rings. The molecule has 1 unspecified atom stereocenters. The molecule has 0 spiro atoms. The number of amides is 1. The van der Waals surface area contributed by atoms with Gasteiger partial charge in [-0.1, -0.05) is 59.6 Å². The van der Waals surface area contributed by atoms with Crippen LogP contribution >= 0.6 is 15.9 Å². The SMILES string of the molecule is CCCCN1C(=O)C(O)(CC(=O)c2ccc(Br)cc2)c2ccccc21. The van der Waals surface area contributed by atoms with Crippen LogP contribution in [0.1, 0.15) is 42.1 Å². The van der Waals surface area contributed by atoms with Crippen molar-refractivity contribution in [2.24, 2.45) is 0 Å². The van der Waals surface area contributed by atoms with Crippen molar-refractivity contribution in [2.75, 3.05) is 11.4 Å². The van der Waals surface area contributed by atoms with E-state index in [9.17, 15) is 14.7 Å². The van der Waals surface area contributed by atoms with Crippen molar-refractivity contribution >= 4 is 33.3 Å². The van der Waals surface area contributed by atoms with Crippen LogP contribution in [0.5, 0.6) is 0 Å². The molecule has 1 amide bonds. The lowest BCUT2D eigenvalue weighted by Crippen LogP contribution is -2.42. The molecule has 0 bridgehead atoms. The number of nitrogens with zero attached hydrogens (tertiary/aromatic N) is 1. The van der Waals surface area contributed by atoms with Crippen LogP contribution in [0.3, 0.4) is 0 Å². The standard InChI is InChI=1S/C20H20BrNO3/c1-2-3-12-22-17-7-5-4-6-16(17)20(25,19(22)24)13-18(23)14-8-10-15(21)11-9-14/h4-11,25H,2-3,12-13H2,1H3. The zero-order chi connectivity index (χ0) is 18.0. The predicted octanol–water partition coefficient (Wildman–Crippen LogP) is 4.06. The Kier molecular flexibility index (Phi) is 5.06. The summed E-state index contributed by atoms with van der Waals surface area (Å²) in [5, 5.41) is 11.1. The number of benzene rings is 2. The van der Waals surface area contributed by atoms with E-state index in [4.69, 9.17) is 0 Å². The van der Waals surface area contributed by atoms with E-state index in [2.05, 4.69) is 22.9 Å². The largest absolute Gasteiger partial charge is 0.375 e. The Labute approximate surface area is 155 Å². The van der Waals surface area contributed by atoms with Gasteiger partial charge in [0.1, 0.15) is 0 Å². The molecule has 5 heteroatoms. The van der Waals surface area contributed by atoms with E-state index < -0.39 is 11.5 Å². The minimum atomic E-state index is -1.80. The molecule has 130 valence electrons. The Balaban J connectivity index is 1.92. The molecule has 2 aromatic rings. The summed E-state index contributed by atoms with van der Waals surface area (Å²) < 4.78 is 0.871. The van der Waals surface area contributed by atoms with Gasteiger partial charge in [0.25, 0.3) is 5.91 Å². The maximum atomic E-state index is 12.9. The molecule has 0 radical (unpaired) electrons. The Bertz CT molecular complexity index is 803. The number of anilines is 1. The first-order valence-corrected chi connectivity index (χ1v) is 9.19. The molecule has 25 heavy (non-hydrogen) atoms. The lowest BCUT2D eigenvalue weighted by atomic mass is 9.88. The van der Waals surface area contributed by atoms with Gasteiger partial charge in [0.2, 0.25) is 0 Å². The minimum absolute atomic E-state index is 0.254. The number of para-hydroxylation sites is 1. The second-order valence-electron chi connectivity index (χ2n) is 6.29. The van der Waals surface area contributed by atoms with Crippen LogP contribution in [0.15, 0.2) is 53.0 Å². The Morgan fingerprint density at radius 1 is 1.16 bits per heavy atom. The molecule has 0 saturated carbocycles. The zero-order valence-corrected chi connectivity index (χ0v) is 15.6. The summed E-state index contributed by atoms with van der Waals surface area (Å²) in [5.74, 6) is -0.664. The van der Waals surface area contributed by atoms with E-state index in [1.54, 1.807) is 41.3 Å². The van der Waals surface area contributed by atoms with Crippen molar-refractivity contribution in [3.8, 4) is 0 Å². The fourth-order valence-electron chi connectivity index (χ4n) is 3.19. The number of halogens is 1. The van der Waals surface area contributed by atoms with Gasteiger partial charge in [-0.2, -0.15) is 0 Å². The highest BCUT2D eigenvalue weighted by Crippen LogP contribution is 2.42. The number of aliphatic hydroxyl groups is 1. The van der Waals surface area contributed by atoms with Crippen LogP contribution in [0.25, 0.3) is 0 Å². The van der Waals surface area contributed by atoms with Crippen LogP contribution in [-0.2, 0) is 10.4 Å². The van der Waals surface area contributed by atoms with E-state index in [1.807, 2.05) is 12.1 Å². The fourth-order valence-corrected chi connectivity index (χ4v) is 3.45. The van der Waals surface area contributed by atoms with Gasteiger partial charge in [-0.15, -0.1) is 0 Å². The van der Waals surface area contributed by atoms with Gasteiger partial charge in [-0.25, -0.2) is 0 Å². The number of unbranched alkanes of at least 4 members (excludes halogenated alkanes) is 1. The highest BCUT2D eigenvalue weighted by molar-refractivity contribution is 9.10. The van der Waals surface area contributed by atoms with E-state index >= 15 is 0 Å². The van der Waals surface area contributed by atoms with Crippen LogP contribution in [0.4, 0.5) is 5.69 Å². The lowest BCUT2D eigenvalue weighted by Gasteiger charge is -2.22. The van der Waals surface area contributed by atoms with Crippen molar-refractivity contribution < 1.29 is 14.7 Å². The monoisotopic (exact) mass is 401 g/mol. The quantitative estimate of drug-likeness (QED) is 0.742. The van der Waals surface area contributed by atoms with E-state index in [0.29, 0.717) is 23.4 Å². The third kappa shape index (κ3) is 3.26. The van der Waals surface area contributed by atoms with Gasteiger partial charge in [-0.05, 0) is 24.6 Å². The molecule has 0 aromatic heterocycles. The van der Waals surface area contributed by atoms with Crippen molar-refractivity contribution in [2.45, 2.75) is 31.8 Å². The minimum Gasteiger partial charge on any atom is -0.375 e. The molecule has 2 aromatic carbocycles. The maximum absolute atomic E-state index is 12.9. The highest BCUT2D eigenvalue weighted by atomic mass is 79.9. The van der Waals surface area contributed by atoms with Crippen molar-refractivity contribution in [1.29, 1.82) is 0 Å². The molecule has 3 rings (SSSR count). The number of hydrogen-bond acceptors (Lipinski definition) is 3. The van der Waals surface area contributed by atoms with Crippen molar-refractivity contribution in [3.63, 3.8) is 0 Å². The summed E-state index contributed by atoms with van der Waals surface area (Å²) in [6, 6.07) is 14.1. The first-order valence-electron chi connectivity index (χ1n) is 8.40. The number of rotatable bonds is 6. The van der Waals surface area contributed by atoms with E-state index in [-0.39, 0.29) is 12.2 Å². The summed E-state index contributed by atoms with van der Waals surface area (Å²) in [6.45, 7) is 2.59. The summed E-state index contributed by atoms with van der Waals surface area (Å²) in [7, 11) is 0. The average molecular weight is 402 g/mol. The Hall–Kier alpha value is -1.98. The smallest absolute Gasteiger partial charge is 0.264 e. The van der Waals surface area contributed by atoms with Crippen LogP contribution in [0, 0.1) is 0 Å². The van der Waals surface area contributed by atoms with E-state index in [0.717, 1.165) is 17.3 Å². The third-order valence-corrected chi connectivity index (χ3v) is 5.09. The van der Waals surface area contributed by atoms with Crippen LogP contribution in [-0.4, -0.2) is 23.3 Å². The van der Waals surface area contributed by atoms with Gasteiger partial charge in [-0.3, -0.25) is 9.59 Å². The Morgan fingerprint density at radius 3 is 2.52 bits per heavy atom. The molecule has 0 aliphatic carbocycles. The second kappa shape index (κ2) is 7.10. The maximum Gasteiger partial charge on any atom is 0.264 e. The molecule has 4 nitrogen and oxygen atoms in total. The molecule has 0 saturated heterocycles. The molecule has 1 aliphatic rings. The number of Topliss-reactive ketones (excluding diaryl/α,β-unsaturated/α-hetero) is 1. The predicted molar refractivity (Wildman–Crippen MR) is 101 cm³/mol. The average Bonchev–Trinajstić information content (AvgIpc) is 2.82. The van der Waals surface area contributed by atoms with Gasteiger partial charge in [0.15, 0.2) is 11.4 Å². The Morgan fingerprint density at radius 2 is 1.84 bits per heavy atom.